The van der Waals surface area contributed by atoms with E-state index in [1.165, 1.54) is 13.2 Å². The molecule has 1 fully saturated rings. The number of hydrogen-bond acceptors (Lipinski definition) is 3. The predicted octanol–water partition coefficient (Wildman–Crippen LogP) is 3.40. The van der Waals surface area contributed by atoms with Crippen molar-refractivity contribution in [2.24, 2.45) is 0 Å². The van der Waals surface area contributed by atoms with Gasteiger partial charge in [0.15, 0.2) is 0 Å². The molecule has 0 aromatic heterocycles. The highest BCUT2D eigenvalue weighted by Gasteiger charge is 2.25. The number of ether oxygens (including phenoxy) is 1. The van der Waals surface area contributed by atoms with Gasteiger partial charge in [0, 0.05) is 23.2 Å². The van der Waals surface area contributed by atoms with Crippen molar-refractivity contribution in [3.63, 3.8) is 0 Å². The summed E-state index contributed by atoms with van der Waals surface area (Å²) in [5.41, 5.74) is 0.617. The molecule has 20 heavy (non-hydrogen) atoms. The van der Waals surface area contributed by atoms with E-state index >= 15 is 0 Å². The molecule has 1 heterocycles. The number of carbonyl (C=O) groups excluding carboxylic acids is 1. The van der Waals surface area contributed by atoms with Gasteiger partial charge in [0.1, 0.15) is 5.82 Å². The molecule has 1 atom stereocenters. The first-order valence-corrected chi connectivity index (χ1v) is 7.22. The second-order valence-corrected chi connectivity index (χ2v) is 5.57. The number of esters is 1. The van der Waals surface area contributed by atoms with E-state index in [9.17, 15) is 9.18 Å². The lowest BCUT2D eigenvalue weighted by Gasteiger charge is -2.35. The molecule has 1 aromatic carbocycles. The molecule has 0 saturated carbocycles. The molecule has 0 spiro atoms. The van der Waals surface area contributed by atoms with Crippen LogP contribution in [0.1, 0.15) is 31.2 Å². The van der Waals surface area contributed by atoms with Crippen molar-refractivity contribution >= 4 is 17.6 Å². The summed E-state index contributed by atoms with van der Waals surface area (Å²) in [5.74, 6) is -0.502. The fourth-order valence-electron chi connectivity index (χ4n) is 2.64. The van der Waals surface area contributed by atoms with Gasteiger partial charge in [0.25, 0.3) is 0 Å². The first-order valence-electron chi connectivity index (χ1n) is 6.85. The molecule has 1 saturated heterocycles. The fourth-order valence-corrected chi connectivity index (χ4v) is 2.80. The summed E-state index contributed by atoms with van der Waals surface area (Å²) < 4.78 is 18.6. The number of hydrogen-bond donors (Lipinski definition) is 0. The standard InChI is InChI=1S/C15H19ClFNO2/c1-20-15(19)9-13-4-2-3-7-18(13)10-11-5-6-12(16)8-14(11)17/h5-6,8,13H,2-4,7,9-10H2,1H3. The van der Waals surface area contributed by atoms with E-state index in [4.69, 9.17) is 16.3 Å². The molecular weight excluding hydrogens is 281 g/mol. The van der Waals surface area contributed by atoms with Gasteiger partial charge in [-0.1, -0.05) is 24.1 Å². The minimum Gasteiger partial charge on any atom is -0.469 e. The van der Waals surface area contributed by atoms with Crippen LogP contribution in [0.5, 0.6) is 0 Å². The summed E-state index contributed by atoms with van der Waals surface area (Å²) in [5, 5.41) is 0.399. The van der Waals surface area contributed by atoms with E-state index in [1.54, 1.807) is 12.1 Å². The Kier molecular flexibility index (Phi) is 5.38. The van der Waals surface area contributed by atoms with Crippen LogP contribution in [-0.2, 0) is 16.1 Å². The normalized spacial score (nSPS) is 19.9. The Morgan fingerprint density at radius 2 is 2.30 bits per heavy atom. The van der Waals surface area contributed by atoms with Crippen LogP contribution in [-0.4, -0.2) is 30.6 Å². The topological polar surface area (TPSA) is 29.5 Å². The summed E-state index contributed by atoms with van der Waals surface area (Å²) in [7, 11) is 1.40. The molecule has 5 heteroatoms. The minimum atomic E-state index is -0.292. The van der Waals surface area contributed by atoms with E-state index < -0.39 is 0 Å². The lowest BCUT2D eigenvalue weighted by molar-refractivity contribution is -0.142. The third-order valence-electron chi connectivity index (χ3n) is 3.77. The van der Waals surface area contributed by atoms with Crippen molar-refractivity contribution < 1.29 is 13.9 Å². The molecule has 0 amide bonds. The van der Waals surface area contributed by atoms with Gasteiger partial charge in [-0.2, -0.15) is 0 Å². The zero-order chi connectivity index (χ0) is 14.5. The summed E-state index contributed by atoms with van der Waals surface area (Å²) >= 11 is 5.76. The highest BCUT2D eigenvalue weighted by Crippen LogP contribution is 2.24. The molecule has 0 bridgehead atoms. The zero-order valence-corrected chi connectivity index (χ0v) is 12.3. The summed E-state index contributed by atoms with van der Waals surface area (Å²) in [6.45, 7) is 1.38. The number of halogens is 2. The van der Waals surface area contributed by atoms with Crippen LogP contribution in [0.4, 0.5) is 4.39 Å². The molecule has 1 unspecified atom stereocenters. The highest BCUT2D eigenvalue weighted by atomic mass is 35.5. The van der Waals surface area contributed by atoms with E-state index in [0.29, 0.717) is 23.6 Å². The Labute approximate surface area is 123 Å². The van der Waals surface area contributed by atoms with E-state index in [2.05, 4.69) is 4.90 Å². The van der Waals surface area contributed by atoms with Crippen molar-refractivity contribution in [2.45, 2.75) is 38.3 Å². The number of methoxy groups -OCH3 is 1. The molecule has 2 rings (SSSR count). The monoisotopic (exact) mass is 299 g/mol. The number of carbonyl (C=O) groups is 1. The van der Waals surface area contributed by atoms with Gasteiger partial charge in [-0.25, -0.2) is 4.39 Å². The number of piperidine rings is 1. The number of rotatable bonds is 4. The van der Waals surface area contributed by atoms with Crippen LogP contribution in [0.15, 0.2) is 18.2 Å². The van der Waals surface area contributed by atoms with E-state index in [0.717, 1.165) is 25.8 Å². The Hall–Kier alpha value is -1.13. The van der Waals surface area contributed by atoms with Gasteiger partial charge >= 0.3 is 5.97 Å². The maximum absolute atomic E-state index is 13.9. The number of benzene rings is 1. The molecule has 0 aliphatic carbocycles. The van der Waals surface area contributed by atoms with Crippen molar-refractivity contribution in [2.75, 3.05) is 13.7 Å². The Bertz CT molecular complexity index is 481. The Balaban J connectivity index is 2.06. The van der Waals surface area contributed by atoms with Crippen LogP contribution in [0.2, 0.25) is 5.02 Å². The molecule has 1 aromatic rings. The molecule has 3 nitrogen and oxygen atoms in total. The van der Waals surface area contributed by atoms with Gasteiger partial charge in [-0.15, -0.1) is 0 Å². The van der Waals surface area contributed by atoms with E-state index in [1.807, 2.05) is 0 Å². The third-order valence-corrected chi connectivity index (χ3v) is 4.00. The van der Waals surface area contributed by atoms with Crippen LogP contribution in [0, 0.1) is 5.82 Å². The van der Waals surface area contributed by atoms with Gasteiger partial charge < -0.3 is 4.74 Å². The van der Waals surface area contributed by atoms with Crippen LogP contribution < -0.4 is 0 Å². The summed E-state index contributed by atoms with van der Waals surface area (Å²) in [6.07, 6.45) is 3.49. The van der Waals surface area contributed by atoms with Crippen LogP contribution >= 0.6 is 11.6 Å². The molecule has 1 aliphatic heterocycles. The lowest BCUT2D eigenvalue weighted by atomic mass is 9.98. The maximum atomic E-state index is 13.9. The van der Waals surface area contributed by atoms with Crippen molar-refractivity contribution in [1.29, 1.82) is 0 Å². The molecule has 0 N–H and O–H groups in total. The third kappa shape index (κ3) is 3.93. The predicted molar refractivity (Wildman–Crippen MR) is 76.1 cm³/mol. The quantitative estimate of drug-likeness (QED) is 0.798. The lowest BCUT2D eigenvalue weighted by Crippen LogP contribution is -2.40. The van der Waals surface area contributed by atoms with Crippen LogP contribution in [0.25, 0.3) is 0 Å². The fraction of sp³-hybridized carbons (Fsp3) is 0.533. The van der Waals surface area contributed by atoms with E-state index in [-0.39, 0.29) is 17.8 Å². The van der Waals surface area contributed by atoms with Gasteiger partial charge in [0.2, 0.25) is 0 Å². The van der Waals surface area contributed by atoms with Gasteiger partial charge in [0.05, 0.1) is 13.5 Å². The van der Waals surface area contributed by atoms with Gasteiger partial charge in [-0.05, 0) is 31.5 Å². The molecule has 110 valence electrons. The number of nitrogens with zero attached hydrogens (tertiary/aromatic N) is 1. The van der Waals surface area contributed by atoms with Crippen molar-refractivity contribution in [3.8, 4) is 0 Å². The van der Waals surface area contributed by atoms with Crippen molar-refractivity contribution in [3.05, 3.63) is 34.6 Å². The second kappa shape index (κ2) is 7.04. The average Bonchev–Trinajstić information content (AvgIpc) is 2.43. The molecule has 1 aliphatic rings. The Morgan fingerprint density at radius 1 is 1.50 bits per heavy atom. The maximum Gasteiger partial charge on any atom is 0.307 e. The summed E-state index contributed by atoms with van der Waals surface area (Å²) in [4.78, 5) is 13.6. The summed E-state index contributed by atoms with van der Waals surface area (Å²) in [6, 6.07) is 4.86. The zero-order valence-electron chi connectivity index (χ0n) is 11.6. The van der Waals surface area contributed by atoms with Crippen LogP contribution in [0.3, 0.4) is 0 Å². The average molecular weight is 300 g/mol. The second-order valence-electron chi connectivity index (χ2n) is 5.14. The molecule has 0 radical (unpaired) electrons. The Morgan fingerprint density at radius 3 is 3.00 bits per heavy atom. The SMILES string of the molecule is COC(=O)CC1CCCCN1Cc1ccc(Cl)cc1F. The first kappa shape index (κ1) is 15.3. The number of likely N-dealkylation sites (tertiary alicyclic amines) is 1. The largest absolute Gasteiger partial charge is 0.469 e. The molecular formula is C15H19ClFNO2. The minimum absolute atomic E-state index is 0.131. The smallest absolute Gasteiger partial charge is 0.307 e. The van der Waals surface area contributed by atoms with Crippen molar-refractivity contribution in [1.82, 2.24) is 4.90 Å². The first-order chi connectivity index (χ1) is 9.60. The van der Waals surface area contributed by atoms with Gasteiger partial charge in [-0.3, -0.25) is 9.69 Å². The highest BCUT2D eigenvalue weighted by molar-refractivity contribution is 6.30.